The van der Waals surface area contributed by atoms with Crippen LogP contribution in [0.15, 0.2) is 35.6 Å². The number of likely N-dealkylation sites (tertiary alicyclic amines) is 1. The lowest BCUT2D eigenvalue weighted by atomic mass is 10.2. The highest BCUT2D eigenvalue weighted by Crippen LogP contribution is 2.15. The van der Waals surface area contributed by atoms with Crippen molar-refractivity contribution in [3.05, 3.63) is 36.3 Å². The summed E-state index contributed by atoms with van der Waals surface area (Å²) >= 11 is 0. The van der Waals surface area contributed by atoms with Crippen LogP contribution in [-0.2, 0) is 6.54 Å². The minimum atomic E-state index is 0.500. The minimum Gasteiger partial charge on any atom is -0.370 e. The van der Waals surface area contributed by atoms with E-state index in [0.29, 0.717) is 18.5 Å². The Morgan fingerprint density at radius 2 is 2.41 bits per heavy atom. The Hall–Kier alpha value is -2.08. The fourth-order valence-corrected chi connectivity index (χ4v) is 3.05. The van der Waals surface area contributed by atoms with Gasteiger partial charge in [0.05, 0.1) is 12.2 Å². The standard InChI is InChI=1S/C16H24N6/c1-2-21-9-5-6-14(21)11-19-16(17)18-10-13-12-22-8-4-3-7-15(22)20-13/h3-4,7-8,12,14H,2,5-6,9-11H2,1H3,(H3,17,18,19). The molecule has 6 heteroatoms. The first-order valence-corrected chi connectivity index (χ1v) is 7.96. The molecule has 118 valence electrons. The summed E-state index contributed by atoms with van der Waals surface area (Å²) < 4.78 is 1.99. The van der Waals surface area contributed by atoms with Crippen LogP contribution in [0.1, 0.15) is 25.5 Å². The quantitative estimate of drug-likeness (QED) is 0.643. The van der Waals surface area contributed by atoms with Gasteiger partial charge in [0.1, 0.15) is 5.65 Å². The molecule has 6 nitrogen and oxygen atoms in total. The predicted molar refractivity (Wildman–Crippen MR) is 88.8 cm³/mol. The van der Waals surface area contributed by atoms with Crippen LogP contribution in [0.4, 0.5) is 0 Å². The van der Waals surface area contributed by atoms with Gasteiger partial charge in [-0.05, 0) is 38.1 Å². The highest BCUT2D eigenvalue weighted by atomic mass is 15.2. The van der Waals surface area contributed by atoms with E-state index in [1.54, 1.807) is 0 Å². The first-order chi connectivity index (χ1) is 10.8. The normalized spacial score (nSPS) is 19.9. The van der Waals surface area contributed by atoms with Crippen LogP contribution in [-0.4, -0.2) is 45.9 Å². The summed E-state index contributed by atoms with van der Waals surface area (Å²) in [6, 6.07) is 6.52. The lowest BCUT2D eigenvalue weighted by molar-refractivity contribution is 0.267. The number of nitrogens with zero attached hydrogens (tertiary/aromatic N) is 4. The zero-order chi connectivity index (χ0) is 15.4. The van der Waals surface area contributed by atoms with Crippen molar-refractivity contribution < 1.29 is 0 Å². The molecule has 1 unspecified atom stereocenters. The van der Waals surface area contributed by atoms with Crippen LogP contribution in [0.3, 0.4) is 0 Å². The molecule has 1 saturated heterocycles. The number of fused-ring (bicyclic) bond motifs is 1. The van der Waals surface area contributed by atoms with Gasteiger partial charge in [-0.3, -0.25) is 4.90 Å². The van der Waals surface area contributed by atoms with Crippen molar-refractivity contribution in [1.29, 1.82) is 0 Å². The number of likely N-dealkylation sites (N-methyl/N-ethyl adjacent to an activating group) is 1. The molecule has 22 heavy (non-hydrogen) atoms. The number of nitrogens with one attached hydrogen (secondary N) is 1. The summed E-state index contributed by atoms with van der Waals surface area (Å²) in [6.45, 7) is 5.88. The number of hydrogen-bond acceptors (Lipinski definition) is 3. The largest absolute Gasteiger partial charge is 0.370 e. The maximum atomic E-state index is 5.97. The van der Waals surface area contributed by atoms with Crippen molar-refractivity contribution in [2.45, 2.75) is 32.4 Å². The Morgan fingerprint density at radius 1 is 1.50 bits per heavy atom. The highest BCUT2D eigenvalue weighted by molar-refractivity contribution is 5.77. The van der Waals surface area contributed by atoms with E-state index in [4.69, 9.17) is 5.73 Å². The van der Waals surface area contributed by atoms with Gasteiger partial charge >= 0.3 is 0 Å². The number of aromatic nitrogens is 2. The average molecular weight is 300 g/mol. The lowest BCUT2D eigenvalue weighted by Gasteiger charge is -2.23. The van der Waals surface area contributed by atoms with E-state index < -0.39 is 0 Å². The monoisotopic (exact) mass is 300 g/mol. The van der Waals surface area contributed by atoms with E-state index in [1.807, 2.05) is 35.0 Å². The van der Waals surface area contributed by atoms with E-state index in [9.17, 15) is 0 Å². The van der Waals surface area contributed by atoms with E-state index in [1.165, 1.54) is 19.4 Å². The van der Waals surface area contributed by atoms with Gasteiger partial charge in [0.25, 0.3) is 0 Å². The number of nitrogens with two attached hydrogens (primary N) is 1. The van der Waals surface area contributed by atoms with Gasteiger partial charge in [0.2, 0.25) is 0 Å². The van der Waals surface area contributed by atoms with Crippen molar-refractivity contribution in [3.8, 4) is 0 Å². The number of rotatable bonds is 5. The molecular formula is C16H24N6. The molecule has 1 atom stereocenters. The molecule has 0 spiro atoms. The molecule has 0 aromatic carbocycles. The van der Waals surface area contributed by atoms with Crippen molar-refractivity contribution in [2.75, 3.05) is 19.6 Å². The Bertz CT molecular complexity index is 614. The van der Waals surface area contributed by atoms with Crippen LogP contribution in [0.2, 0.25) is 0 Å². The predicted octanol–water partition coefficient (Wildman–Crippen LogP) is 1.22. The zero-order valence-electron chi connectivity index (χ0n) is 13.1. The van der Waals surface area contributed by atoms with Crippen LogP contribution in [0, 0.1) is 0 Å². The average Bonchev–Trinajstić information content (AvgIpc) is 3.16. The molecule has 1 aliphatic rings. The van der Waals surface area contributed by atoms with Crippen LogP contribution in [0.25, 0.3) is 5.65 Å². The molecule has 0 aliphatic carbocycles. The molecule has 3 N–H and O–H groups in total. The molecule has 3 heterocycles. The maximum absolute atomic E-state index is 5.97. The molecule has 1 fully saturated rings. The number of hydrogen-bond donors (Lipinski definition) is 2. The molecule has 2 aromatic heterocycles. The van der Waals surface area contributed by atoms with E-state index in [-0.39, 0.29) is 0 Å². The maximum Gasteiger partial charge on any atom is 0.189 e. The van der Waals surface area contributed by atoms with Crippen LogP contribution < -0.4 is 11.1 Å². The molecule has 3 rings (SSSR count). The molecular weight excluding hydrogens is 276 g/mol. The van der Waals surface area contributed by atoms with Crippen molar-refractivity contribution in [2.24, 2.45) is 10.7 Å². The van der Waals surface area contributed by atoms with Gasteiger partial charge < -0.3 is 15.5 Å². The summed E-state index contributed by atoms with van der Waals surface area (Å²) in [5, 5.41) is 3.24. The fraction of sp³-hybridized carbons (Fsp3) is 0.500. The second-order valence-electron chi connectivity index (χ2n) is 5.71. The fourth-order valence-electron chi connectivity index (χ4n) is 3.05. The highest BCUT2D eigenvalue weighted by Gasteiger charge is 2.22. The minimum absolute atomic E-state index is 0.500. The van der Waals surface area contributed by atoms with Crippen LogP contribution >= 0.6 is 0 Å². The summed E-state index contributed by atoms with van der Waals surface area (Å²) in [5.41, 5.74) is 7.82. The zero-order valence-corrected chi connectivity index (χ0v) is 13.1. The summed E-state index contributed by atoms with van der Waals surface area (Å²) in [4.78, 5) is 11.4. The summed E-state index contributed by atoms with van der Waals surface area (Å²) in [5.74, 6) is 0.500. The molecule has 0 saturated carbocycles. The third-order valence-electron chi connectivity index (χ3n) is 4.25. The first-order valence-electron chi connectivity index (χ1n) is 7.96. The van der Waals surface area contributed by atoms with Crippen LogP contribution in [0.5, 0.6) is 0 Å². The van der Waals surface area contributed by atoms with Gasteiger partial charge in [0.15, 0.2) is 5.96 Å². The molecule has 0 bridgehead atoms. The van der Waals surface area contributed by atoms with Gasteiger partial charge in [-0.25, -0.2) is 9.98 Å². The Balaban J connectivity index is 1.53. The molecule has 0 radical (unpaired) electrons. The van der Waals surface area contributed by atoms with Gasteiger partial charge in [-0.15, -0.1) is 0 Å². The third-order valence-corrected chi connectivity index (χ3v) is 4.25. The lowest BCUT2D eigenvalue weighted by Crippen LogP contribution is -2.42. The number of aliphatic imine (C=N–C) groups is 1. The molecule has 2 aromatic rings. The summed E-state index contributed by atoms with van der Waals surface area (Å²) in [6.07, 6.45) is 6.48. The van der Waals surface area contributed by atoms with E-state index in [2.05, 4.69) is 27.1 Å². The van der Waals surface area contributed by atoms with Gasteiger partial charge in [-0.1, -0.05) is 13.0 Å². The van der Waals surface area contributed by atoms with E-state index >= 15 is 0 Å². The second kappa shape index (κ2) is 6.79. The van der Waals surface area contributed by atoms with Gasteiger partial charge in [-0.2, -0.15) is 0 Å². The number of pyridine rings is 1. The summed E-state index contributed by atoms with van der Waals surface area (Å²) in [7, 11) is 0. The first kappa shape index (κ1) is 14.8. The topological polar surface area (TPSA) is 71.0 Å². The SMILES string of the molecule is CCN1CCCC1CNC(N)=NCc1cn2ccccc2n1. The molecule has 0 amide bonds. The van der Waals surface area contributed by atoms with Crippen molar-refractivity contribution >= 4 is 11.6 Å². The smallest absolute Gasteiger partial charge is 0.189 e. The van der Waals surface area contributed by atoms with Crippen molar-refractivity contribution in [1.82, 2.24) is 19.6 Å². The van der Waals surface area contributed by atoms with Gasteiger partial charge in [0, 0.05) is 25.0 Å². The Morgan fingerprint density at radius 3 is 3.23 bits per heavy atom. The van der Waals surface area contributed by atoms with Crippen molar-refractivity contribution in [3.63, 3.8) is 0 Å². The third kappa shape index (κ3) is 3.39. The van der Waals surface area contributed by atoms with E-state index in [0.717, 1.165) is 24.4 Å². The molecule has 1 aliphatic heterocycles. The Labute approximate surface area is 131 Å². The Kier molecular flexibility index (Phi) is 4.58. The number of guanidine groups is 1. The second-order valence-corrected chi connectivity index (χ2v) is 5.71. The number of imidazole rings is 1.